The lowest BCUT2D eigenvalue weighted by molar-refractivity contribution is -0.131. The molecule has 0 aliphatic rings. The van der Waals surface area contributed by atoms with Crippen molar-refractivity contribution in [1.29, 1.82) is 0 Å². The minimum atomic E-state index is -1.12. The summed E-state index contributed by atoms with van der Waals surface area (Å²) < 4.78 is 16.1. The Morgan fingerprint density at radius 2 is 1.17 bits per heavy atom. The molecule has 9 heteroatoms. The number of benzene rings is 4. The van der Waals surface area contributed by atoms with Gasteiger partial charge in [0, 0.05) is 38.7 Å². The maximum Gasteiger partial charge on any atom is 0.335 e. The zero-order chi connectivity index (χ0) is 29.8. The van der Waals surface area contributed by atoms with Crippen LogP contribution < -0.4 is 14.2 Å². The SMILES string of the molecule is CC(=O)Oc1cc(OCc2ccccc2)cc(C(=O)O)c1.CN(C)C(=O)c1cc(O)cc(OCc2ccccc2)c1. The molecule has 0 aliphatic carbocycles. The highest BCUT2D eigenvalue weighted by Gasteiger charge is 2.12. The fourth-order valence-corrected chi connectivity index (χ4v) is 3.53. The quantitative estimate of drug-likeness (QED) is 0.203. The van der Waals surface area contributed by atoms with Crippen molar-refractivity contribution < 1.29 is 38.8 Å². The number of esters is 1. The molecular weight excluding hydrogens is 526 g/mol. The van der Waals surface area contributed by atoms with Gasteiger partial charge in [-0.25, -0.2) is 4.79 Å². The largest absolute Gasteiger partial charge is 0.508 e. The second-order valence-corrected chi connectivity index (χ2v) is 9.06. The van der Waals surface area contributed by atoms with Gasteiger partial charge < -0.3 is 29.3 Å². The molecule has 0 aromatic heterocycles. The lowest BCUT2D eigenvalue weighted by atomic mass is 10.2. The predicted octanol–water partition coefficient (Wildman–Crippen LogP) is 5.56. The van der Waals surface area contributed by atoms with Crippen LogP contribution >= 0.6 is 0 Å². The van der Waals surface area contributed by atoms with Gasteiger partial charge in [-0.15, -0.1) is 0 Å². The third-order valence-corrected chi connectivity index (χ3v) is 5.43. The number of carbonyl (C=O) groups is 3. The fourth-order valence-electron chi connectivity index (χ4n) is 3.53. The van der Waals surface area contributed by atoms with Crippen molar-refractivity contribution in [2.24, 2.45) is 0 Å². The van der Waals surface area contributed by atoms with Crippen LogP contribution in [-0.2, 0) is 18.0 Å². The second-order valence-electron chi connectivity index (χ2n) is 9.06. The average Bonchev–Trinajstić information content (AvgIpc) is 2.95. The number of rotatable bonds is 9. The number of phenols is 1. The first-order valence-electron chi connectivity index (χ1n) is 12.6. The highest BCUT2D eigenvalue weighted by atomic mass is 16.5. The number of hydrogen-bond acceptors (Lipinski definition) is 7. The van der Waals surface area contributed by atoms with Crippen LogP contribution in [-0.4, -0.2) is 47.1 Å². The number of aromatic hydroxyl groups is 1. The Hall–Kier alpha value is -5.31. The molecule has 0 spiro atoms. The van der Waals surface area contributed by atoms with E-state index in [4.69, 9.17) is 19.3 Å². The Labute approximate surface area is 238 Å². The molecule has 4 rings (SSSR count). The molecule has 4 aromatic carbocycles. The molecule has 2 N–H and O–H groups in total. The summed E-state index contributed by atoms with van der Waals surface area (Å²) in [7, 11) is 3.33. The first-order valence-corrected chi connectivity index (χ1v) is 12.6. The minimum Gasteiger partial charge on any atom is -0.508 e. The number of hydrogen-bond donors (Lipinski definition) is 2. The first-order chi connectivity index (χ1) is 19.6. The fraction of sp³-hybridized carbons (Fsp3) is 0.156. The van der Waals surface area contributed by atoms with E-state index in [0.717, 1.165) is 11.1 Å². The summed E-state index contributed by atoms with van der Waals surface area (Å²) in [6.07, 6.45) is 0. The molecule has 0 atom stereocenters. The zero-order valence-electron chi connectivity index (χ0n) is 22.9. The van der Waals surface area contributed by atoms with Crippen LogP contribution in [0.3, 0.4) is 0 Å². The lowest BCUT2D eigenvalue weighted by Gasteiger charge is -2.12. The Kier molecular flexibility index (Phi) is 10.9. The molecule has 0 radical (unpaired) electrons. The summed E-state index contributed by atoms with van der Waals surface area (Å²) in [5.41, 5.74) is 2.37. The number of nitrogens with zero attached hydrogens (tertiary/aromatic N) is 1. The van der Waals surface area contributed by atoms with E-state index in [1.54, 1.807) is 20.2 Å². The van der Waals surface area contributed by atoms with Gasteiger partial charge in [-0.2, -0.15) is 0 Å². The van der Waals surface area contributed by atoms with Crippen molar-refractivity contribution in [3.05, 3.63) is 119 Å². The third kappa shape index (κ3) is 10.1. The van der Waals surface area contributed by atoms with Gasteiger partial charge in [0.1, 0.15) is 36.2 Å². The second kappa shape index (κ2) is 14.7. The van der Waals surface area contributed by atoms with E-state index in [1.807, 2.05) is 60.7 Å². The number of carboxylic acid groups (broad SMARTS) is 1. The van der Waals surface area contributed by atoms with Crippen LogP contribution in [0.4, 0.5) is 0 Å². The molecule has 0 saturated heterocycles. The molecule has 41 heavy (non-hydrogen) atoms. The summed E-state index contributed by atoms with van der Waals surface area (Å²) in [6.45, 7) is 1.93. The third-order valence-electron chi connectivity index (χ3n) is 5.43. The summed E-state index contributed by atoms with van der Waals surface area (Å²) in [5.74, 6) is -0.856. The normalized spacial score (nSPS) is 10.0. The molecule has 0 unspecified atom stereocenters. The van der Waals surface area contributed by atoms with Crippen LogP contribution in [0.25, 0.3) is 0 Å². The molecule has 0 heterocycles. The van der Waals surface area contributed by atoms with Crippen LogP contribution in [0.5, 0.6) is 23.0 Å². The molecule has 0 bridgehead atoms. The number of aromatic carboxylic acids is 1. The van der Waals surface area contributed by atoms with E-state index in [-0.39, 0.29) is 23.0 Å². The van der Waals surface area contributed by atoms with Crippen molar-refractivity contribution in [1.82, 2.24) is 4.90 Å². The van der Waals surface area contributed by atoms with E-state index in [2.05, 4.69) is 0 Å². The smallest absolute Gasteiger partial charge is 0.335 e. The predicted molar refractivity (Wildman–Crippen MR) is 152 cm³/mol. The van der Waals surface area contributed by atoms with Gasteiger partial charge >= 0.3 is 11.9 Å². The lowest BCUT2D eigenvalue weighted by Crippen LogP contribution is -2.21. The van der Waals surface area contributed by atoms with Crippen molar-refractivity contribution in [3.8, 4) is 23.0 Å². The van der Waals surface area contributed by atoms with Gasteiger partial charge in [0.15, 0.2) is 0 Å². The monoisotopic (exact) mass is 557 g/mol. The molecular formula is C32H31NO8. The summed E-state index contributed by atoms with van der Waals surface area (Å²) in [4.78, 5) is 35.4. The van der Waals surface area contributed by atoms with E-state index in [9.17, 15) is 19.5 Å². The van der Waals surface area contributed by atoms with Crippen LogP contribution in [0.15, 0.2) is 97.1 Å². The van der Waals surface area contributed by atoms with E-state index < -0.39 is 11.9 Å². The number of phenolic OH excluding ortho intramolecular Hbond substituents is 1. The van der Waals surface area contributed by atoms with E-state index in [0.29, 0.717) is 30.3 Å². The Bertz CT molecular complexity index is 1470. The minimum absolute atomic E-state index is 0.00295. The van der Waals surface area contributed by atoms with Crippen molar-refractivity contribution in [2.75, 3.05) is 14.1 Å². The van der Waals surface area contributed by atoms with Gasteiger partial charge in [-0.3, -0.25) is 9.59 Å². The van der Waals surface area contributed by atoms with Crippen molar-refractivity contribution in [3.63, 3.8) is 0 Å². The van der Waals surface area contributed by atoms with Gasteiger partial charge in [-0.05, 0) is 35.4 Å². The summed E-state index contributed by atoms with van der Waals surface area (Å²) in [5, 5.41) is 18.7. The average molecular weight is 558 g/mol. The van der Waals surface area contributed by atoms with Crippen molar-refractivity contribution >= 4 is 17.8 Å². The van der Waals surface area contributed by atoms with Gasteiger partial charge in [0.2, 0.25) is 0 Å². The number of ether oxygens (including phenoxy) is 3. The van der Waals surface area contributed by atoms with Crippen LogP contribution in [0, 0.1) is 0 Å². The number of amides is 1. The van der Waals surface area contributed by atoms with Crippen LogP contribution in [0.1, 0.15) is 38.8 Å². The van der Waals surface area contributed by atoms with E-state index >= 15 is 0 Å². The first kappa shape index (κ1) is 30.2. The summed E-state index contributed by atoms with van der Waals surface area (Å²) >= 11 is 0. The maximum atomic E-state index is 11.9. The molecule has 0 fully saturated rings. The zero-order valence-corrected chi connectivity index (χ0v) is 22.9. The van der Waals surface area contributed by atoms with Gasteiger partial charge in [-0.1, -0.05) is 60.7 Å². The Balaban J connectivity index is 0.000000226. The molecule has 212 valence electrons. The van der Waals surface area contributed by atoms with Crippen molar-refractivity contribution in [2.45, 2.75) is 20.1 Å². The molecule has 4 aromatic rings. The maximum absolute atomic E-state index is 11.9. The molecule has 0 saturated carbocycles. The molecule has 0 aliphatic heterocycles. The van der Waals surface area contributed by atoms with E-state index in [1.165, 1.54) is 42.2 Å². The van der Waals surface area contributed by atoms with Gasteiger partial charge in [0.25, 0.3) is 5.91 Å². The van der Waals surface area contributed by atoms with Crippen LogP contribution in [0.2, 0.25) is 0 Å². The highest BCUT2D eigenvalue weighted by molar-refractivity contribution is 5.94. The molecule has 1 amide bonds. The Morgan fingerprint density at radius 3 is 1.66 bits per heavy atom. The van der Waals surface area contributed by atoms with Gasteiger partial charge in [0.05, 0.1) is 5.56 Å². The number of carboxylic acids is 1. The highest BCUT2D eigenvalue weighted by Crippen LogP contribution is 2.25. The number of carbonyl (C=O) groups excluding carboxylic acids is 2. The molecule has 9 nitrogen and oxygen atoms in total. The topological polar surface area (TPSA) is 123 Å². The Morgan fingerprint density at radius 1 is 0.683 bits per heavy atom. The summed E-state index contributed by atoms with van der Waals surface area (Å²) in [6, 6.07) is 27.9. The standard InChI is InChI=1S/C16H17NO3.C16H14O5/c1-17(2)16(19)13-8-14(18)10-15(9-13)20-11-12-6-4-3-5-7-12;1-11(17)21-15-8-13(16(18)19)7-14(9-15)20-10-12-5-3-2-4-6-12/h3-10,18H,11H2,1-2H3;2-9H,10H2,1H3,(H,18,19).